The number of benzene rings is 1. The van der Waals surface area contributed by atoms with E-state index >= 15 is 0 Å². The number of halogens is 2. The largest absolute Gasteiger partial charge is 0.490 e. The van der Waals surface area contributed by atoms with E-state index in [4.69, 9.17) is 15.4 Å². The predicted octanol–water partition coefficient (Wildman–Crippen LogP) is 2.72. The van der Waals surface area contributed by atoms with Crippen LogP contribution in [0.2, 0.25) is 0 Å². The Morgan fingerprint density at radius 1 is 1.47 bits per heavy atom. The van der Waals surface area contributed by atoms with Crippen molar-refractivity contribution in [3.63, 3.8) is 0 Å². The molecule has 0 aliphatic carbocycles. The molecule has 0 amide bonds. The summed E-state index contributed by atoms with van der Waals surface area (Å²) in [7, 11) is 1.56. The van der Waals surface area contributed by atoms with Gasteiger partial charge in [0.15, 0.2) is 11.6 Å². The van der Waals surface area contributed by atoms with E-state index in [2.05, 4.69) is 0 Å². The second-order valence-corrected chi connectivity index (χ2v) is 6.83. The van der Waals surface area contributed by atoms with Crippen molar-refractivity contribution in [2.45, 2.75) is 13.8 Å². The summed E-state index contributed by atoms with van der Waals surface area (Å²) in [4.78, 5) is 0. The SMILES string of the molecule is Cc1cccc(OCC(C)CS(=O)(=O)Cl)c1F. The number of ether oxygens (including phenoxy) is 1. The Balaban J connectivity index is 2.59. The lowest BCUT2D eigenvalue weighted by Gasteiger charge is -2.12. The maximum Gasteiger partial charge on any atom is 0.232 e. The molecule has 0 aromatic heterocycles. The van der Waals surface area contributed by atoms with Gasteiger partial charge in [0.05, 0.1) is 12.4 Å². The van der Waals surface area contributed by atoms with Crippen molar-refractivity contribution in [2.24, 2.45) is 5.92 Å². The van der Waals surface area contributed by atoms with Crippen LogP contribution in [0.15, 0.2) is 18.2 Å². The Hall–Kier alpha value is -0.810. The minimum Gasteiger partial charge on any atom is -0.490 e. The van der Waals surface area contributed by atoms with Gasteiger partial charge in [-0.3, -0.25) is 0 Å². The molecule has 0 bridgehead atoms. The molecule has 0 aliphatic heterocycles. The van der Waals surface area contributed by atoms with Crippen LogP contribution >= 0.6 is 10.7 Å². The van der Waals surface area contributed by atoms with Crippen molar-refractivity contribution in [3.05, 3.63) is 29.6 Å². The smallest absolute Gasteiger partial charge is 0.232 e. The molecule has 0 saturated carbocycles. The second-order valence-electron chi connectivity index (χ2n) is 4.01. The van der Waals surface area contributed by atoms with Gasteiger partial charge in [0.25, 0.3) is 0 Å². The molecule has 1 rings (SSSR count). The Labute approximate surface area is 105 Å². The van der Waals surface area contributed by atoms with Crippen LogP contribution in [0.25, 0.3) is 0 Å². The molecule has 17 heavy (non-hydrogen) atoms. The normalized spacial score (nSPS) is 13.4. The maximum absolute atomic E-state index is 13.5. The molecule has 1 aromatic rings. The van der Waals surface area contributed by atoms with E-state index in [1.165, 1.54) is 6.07 Å². The average molecular weight is 281 g/mol. The molecule has 0 aliphatic rings. The molecular weight excluding hydrogens is 267 g/mol. The summed E-state index contributed by atoms with van der Waals surface area (Å²) in [6.07, 6.45) is 0. The maximum atomic E-state index is 13.5. The van der Waals surface area contributed by atoms with Crippen LogP contribution in [0.5, 0.6) is 5.75 Å². The van der Waals surface area contributed by atoms with Gasteiger partial charge in [-0.05, 0) is 18.6 Å². The van der Waals surface area contributed by atoms with Gasteiger partial charge < -0.3 is 4.74 Å². The highest BCUT2D eigenvalue weighted by Gasteiger charge is 2.14. The summed E-state index contributed by atoms with van der Waals surface area (Å²) in [6.45, 7) is 3.41. The lowest BCUT2D eigenvalue weighted by Crippen LogP contribution is -2.17. The van der Waals surface area contributed by atoms with E-state index in [1.807, 2.05) is 0 Å². The first-order valence-corrected chi connectivity index (χ1v) is 7.57. The van der Waals surface area contributed by atoms with Gasteiger partial charge in [-0.1, -0.05) is 19.1 Å². The summed E-state index contributed by atoms with van der Waals surface area (Å²) < 4.78 is 40.4. The van der Waals surface area contributed by atoms with Crippen LogP contribution in [-0.4, -0.2) is 20.8 Å². The zero-order chi connectivity index (χ0) is 13.1. The molecule has 0 fully saturated rings. The molecule has 1 atom stereocenters. The van der Waals surface area contributed by atoms with Crippen molar-refractivity contribution < 1.29 is 17.5 Å². The molecule has 6 heteroatoms. The number of hydrogen-bond donors (Lipinski definition) is 0. The summed E-state index contributed by atoms with van der Waals surface area (Å²) in [5.41, 5.74) is 0.486. The Bertz CT molecular complexity index is 487. The van der Waals surface area contributed by atoms with Crippen LogP contribution in [-0.2, 0) is 9.05 Å². The summed E-state index contributed by atoms with van der Waals surface area (Å²) in [6, 6.07) is 4.82. The second kappa shape index (κ2) is 5.69. The quantitative estimate of drug-likeness (QED) is 0.779. The van der Waals surface area contributed by atoms with Gasteiger partial charge >= 0.3 is 0 Å². The van der Waals surface area contributed by atoms with Gasteiger partial charge in [0, 0.05) is 16.6 Å². The highest BCUT2D eigenvalue weighted by molar-refractivity contribution is 8.13. The average Bonchev–Trinajstić information content (AvgIpc) is 2.18. The lowest BCUT2D eigenvalue weighted by molar-refractivity contribution is 0.260. The molecule has 0 heterocycles. The van der Waals surface area contributed by atoms with Crippen molar-refractivity contribution in [3.8, 4) is 5.75 Å². The topological polar surface area (TPSA) is 43.4 Å². The van der Waals surface area contributed by atoms with Gasteiger partial charge in [0.1, 0.15) is 0 Å². The Kier molecular flexibility index (Phi) is 4.77. The molecule has 0 radical (unpaired) electrons. The van der Waals surface area contributed by atoms with Crippen molar-refractivity contribution in [1.82, 2.24) is 0 Å². The van der Waals surface area contributed by atoms with E-state index < -0.39 is 14.9 Å². The number of rotatable bonds is 5. The third kappa shape index (κ3) is 4.91. The number of aryl methyl sites for hydroxylation is 1. The van der Waals surface area contributed by atoms with Gasteiger partial charge in [-0.25, -0.2) is 12.8 Å². The third-order valence-corrected chi connectivity index (χ3v) is 3.51. The van der Waals surface area contributed by atoms with Crippen molar-refractivity contribution in [1.29, 1.82) is 0 Å². The van der Waals surface area contributed by atoms with Gasteiger partial charge in [0.2, 0.25) is 9.05 Å². The molecule has 96 valence electrons. The standard InChI is InChI=1S/C11H14ClFO3S/c1-8(7-17(12,14)15)6-16-10-5-3-4-9(2)11(10)13/h3-5,8H,6-7H2,1-2H3. The Morgan fingerprint density at radius 3 is 2.71 bits per heavy atom. The molecular formula is C11H14ClFO3S. The minimum absolute atomic E-state index is 0.103. The third-order valence-electron chi connectivity index (χ3n) is 2.16. The minimum atomic E-state index is -3.55. The Morgan fingerprint density at radius 2 is 2.12 bits per heavy atom. The fourth-order valence-corrected chi connectivity index (χ4v) is 2.77. The fraction of sp³-hybridized carbons (Fsp3) is 0.455. The highest BCUT2D eigenvalue weighted by atomic mass is 35.7. The molecule has 0 N–H and O–H groups in total. The first-order valence-electron chi connectivity index (χ1n) is 5.10. The molecule has 0 saturated heterocycles. The van der Waals surface area contributed by atoms with E-state index in [0.29, 0.717) is 5.56 Å². The van der Waals surface area contributed by atoms with Crippen molar-refractivity contribution >= 4 is 19.7 Å². The van der Waals surface area contributed by atoms with E-state index in [-0.39, 0.29) is 24.0 Å². The first-order chi connectivity index (χ1) is 7.79. The summed E-state index contributed by atoms with van der Waals surface area (Å²) in [5.74, 6) is -0.781. The van der Waals surface area contributed by atoms with Gasteiger partial charge in [-0.15, -0.1) is 0 Å². The number of hydrogen-bond acceptors (Lipinski definition) is 3. The fourth-order valence-electron chi connectivity index (χ4n) is 1.35. The predicted molar refractivity (Wildman–Crippen MR) is 65.4 cm³/mol. The van der Waals surface area contributed by atoms with Crippen LogP contribution < -0.4 is 4.74 Å². The van der Waals surface area contributed by atoms with Gasteiger partial charge in [-0.2, -0.15) is 0 Å². The van der Waals surface area contributed by atoms with Crippen LogP contribution in [0, 0.1) is 18.7 Å². The molecule has 1 unspecified atom stereocenters. The molecule has 1 aromatic carbocycles. The monoisotopic (exact) mass is 280 g/mol. The molecule has 0 spiro atoms. The highest BCUT2D eigenvalue weighted by Crippen LogP contribution is 2.20. The molecule has 3 nitrogen and oxygen atoms in total. The summed E-state index contributed by atoms with van der Waals surface area (Å²) in [5, 5.41) is 0. The van der Waals surface area contributed by atoms with Crippen molar-refractivity contribution in [2.75, 3.05) is 12.4 Å². The van der Waals surface area contributed by atoms with E-state index in [9.17, 15) is 12.8 Å². The van der Waals surface area contributed by atoms with Crippen LogP contribution in [0.3, 0.4) is 0 Å². The lowest BCUT2D eigenvalue weighted by atomic mass is 10.2. The van der Waals surface area contributed by atoms with E-state index in [1.54, 1.807) is 26.0 Å². The van der Waals surface area contributed by atoms with E-state index in [0.717, 1.165) is 0 Å². The van der Waals surface area contributed by atoms with Crippen LogP contribution in [0.4, 0.5) is 4.39 Å². The summed E-state index contributed by atoms with van der Waals surface area (Å²) >= 11 is 0. The zero-order valence-electron chi connectivity index (χ0n) is 9.61. The first kappa shape index (κ1) is 14.3. The van der Waals surface area contributed by atoms with Crippen LogP contribution in [0.1, 0.15) is 12.5 Å². The zero-order valence-corrected chi connectivity index (χ0v) is 11.2.